The van der Waals surface area contributed by atoms with E-state index in [0.29, 0.717) is 31.0 Å². The zero-order chi connectivity index (χ0) is 21.7. The van der Waals surface area contributed by atoms with Gasteiger partial charge in [-0.05, 0) is 31.0 Å². The van der Waals surface area contributed by atoms with Gasteiger partial charge in [-0.15, -0.1) is 11.8 Å². The third-order valence-corrected chi connectivity index (χ3v) is 8.82. The number of thioether (sulfide) groups is 1. The smallest absolute Gasteiger partial charge is 0.243 e. The van der Waals surface area contributed by atoms with Crippen LogP contribution in [0.15, 0.2) is 28.0 Å². The highest BCUT2D eigenvalue weighted by molar-refractivity contribution is 7.99. The van der Waals surface area contributed by atoms with Crippen LogP contribution in [-0.2, 0) is 19.6 Å². The molecule has 0 saturated heterocycles. The van der Waals surface area contributed by atoms with Crippen molar-refractivity contribution in [3.05, 3.63) is 18.2 Å². The number of nitrogens with one attached hydrogen (secondary N) is 1. The number of carbonyl (C=O) groups excluding carboxylic acids is 2. The molecular formula is C21H31N3O4S2. The Hall–Kier alpha value is -1.58. The van der Waals surface area contributed by atoms with Crippen LogP contribution in [0.1, 0.15) is 52.4 Å². The topological polar surface area (TPSA) is 86.8 Å². The van der Waals surface area contributed by atoms with Crippen molar-refractivity contribution in [1.82, 2.24) is 9.62 Å². The molecule has 0 radical (unpaired) electrons. The van der Waals surface area contributed by atoms with Gasteiger partial charge in [-0.25, -0.2) is 8.42 Å². The van der Waals surface area contributed by atoms with Gasteiger partial charge in [0.2, 0.25) is 21.8 Å². The highest BCUT2D eigenvalue weighted by Gasteiger charge is 2.29. The lowest BCUT2D eigenvalue weighted by molar-refractivity contribution is -0.124. The number of benzene rings is 1. The highest BCUT2D eigenvalue weighted by atomic mass is 32.2. The van der Waals surface area contributed by atoms with E-state index in [-0.39, 0.29) is 29.3 Å². The molecule has 1 heterocycles. The van der Waals surface area contributed by atoms with E-state index in [1.165, 1.54) is 27.4 Å². The zero-order valence-electron chi connectivity index (χ0n) is 17.7. The predicted octanol–water partition coefficient (Wildman–Crippen LogP) is 2.99. The maximum atomic E-state index is 13.0. The van der Waals surface area contributed by atoms with Crippen LogP contribution in [0.5, 0.6) is 0 Å². The van der Waals surface area contributed by atoms with Crippen molar-refractivity contribution in [2.45, 2.75) is 68.2 Å². The first-order valence-corrected chi connectivity index (χ1v) is 13.2. The van der Waals surface area contributed by atoms with Crippen LogP contribution >= 0.6 is 11.8 Å². The van der Waals surface area contributed by atoms with E-state index in [0.717, 1.165) is 30.6 Å². The number of rotatable bonds is 7. The van der Waals surface area contributed by atoms with Crippen LogP contribution < -0.4 is 10.2 Å². The summed E-state index contributed by atoms with van der Waals surface area (Å²) in [6.45, 7) is 4.25. The van der Waals surface area contributed by atoms with E-state index in [9.17, 15) is 18.0 Å². The van der Waals surface area contributed by atoms with Crippen LogP contribution in [0, 0.1) is 0 Å². The number of hydrogen-bond donors (Lipinski definition) is 1. The van der Waals surface area contributed by atoms with Crippen molar-refractivity contribution in [3.8, 4) is 0 Å². The number of amides is 2. The van der Waals surface area contributed by atoms with Gasteiger partial charge in [-0.1, -0.05) is 33.1 Å². The first-order chi connectivity index (χ1) is 14.4. The van der Waals surface area contributed by atoms with Gasteiger partial charge in [0.15, 0.2) is 0 Å². The SMILES string of the molecule is CCN(CC)S(=O)(=O)c1ccc2c(c1)N(CC(=O)NC1CCCCC1)C(=O)CCS2. The van der Waals surface area contributed by atoms with Gasteiger partial charge in [0.1, 0.15) is 6.54 Å². The first kappa shape index (κ1) is 23.1. The molecule has 1 saturated carbocycles. The number of carbonyl (C=O) groups is 2. The Bertz CT molecular complexity index is 878. The Morgan fingerprint density at radius 1 is 1.20 bits per heavy atom. The molecule has 0 spiro atoms. The quantitative estimate of drug-likeness (QED) is 0.686. The Morgan fingerprint density at radius 2 is 1.90 bits per heavy atom. The number of fused-ring (bicyclic) bond motifs is 1. The molecule has 166 valence electrons. The van der Waals surface area contributed by atoms with E-state index in [2.05, 4.69) is 5.32 Å². The average molecular weight is 454 g/mol. The Morgan fingerprint density at radius 3 is 2.57 bits per heavy atom. The summed E-state index contributed by atoms with van der Waals surface area (Å²) in [5.74, 6) is 0.261. The fraction of sp³-hybridized carbons (Fsp3) is 0.619. The van der Waals surface area contributed by atoms with Gasteiger partial charge in [-0.2, -0.15) is 4.31 Å². The lowest BCUT2D eigenvalue weighted by Crippen LogP contribution is -2.45. The molecule has 1 fully saturated rings. The van der Waals surface area contributed by atoms with Crippen molar-refractivity contribution in [1.29, 1.82) is 0 Å². The minimum atomic E-state index is -3.65. The molecule has 0 bridgehead atoms. The van der Waals surface area contributed by atoms with E-state index in [1.54, 1.807) is 32.0 Å². The molecule has 1 aliphatic heterocycles. The lowest BCUT2D eigenvalue weighted by Gasteiger charge is -2.27. The maximum Gasteiger partial charge on any atom is 0.243 e. The lowest BCUT2D eigenvalue weighted by atomic mass is 9.95. The summed E-state index contributed by atoms with van der Waals surface area (Å²) < 4.78 is 27.3. The molecule has 0 unspecified atom stereocenters. The van der Waals surface area contributed by atoms with Crippen molar-refractivity contribution in [3.63, 3.8) is 0 Å². The van der Waals surface area contributed by atoms with E-state index >= 15 is 0 Å². The molecule has 1 N–H and O–H groups in total. The number of anilines is 1. The molecular weight excluding hydrogens is 422 g/mol. The van der Waals surface area contributed by atoms with Gasteiger partial charge >= 0.3 is 0 Å². The van der Waals surface area contributed by atoms with Gasteiger partial charge in [0, 0.05) is 36.2 Å². The van der Waals surface area contributed by atoms with Crippen molar-refractivity contribution >= 4 is 39.3 Å². The molecule has 30 heavy (non-hydrogen) atoms. The Labute approximate surface area is 183 Å². The molecule has 7 nitrogen and oxygen atoms in total. The van der Waals surface area contributed by atoms with Crippen molar-refractivity contribution in [2.75, 3.05) is 30.3 Å². The van der Waals surface area contributed by atoms with Gasteiger partial charge in [0.05, 0.1) is 10.6 Å². The monoisotopic (exact) mass is 453 g/mol. The number of nitrogens with zero attached hydrogens (tertiary/aromatic N) is 2. The molecule has 0 atom stereocenters. The fourth-order valence-corrected chi connectivity index (χ4v) is 6.51. The Kier molecular flexibility index (Phi) is 7.81. The van der Waals surface area contributed by atoms with E-state index < -0.39 is 10.0 Å². The molecule has 9 heteroatoms. The summed E-state index contributed by atoms with van der Waals surface area (Å²) in [6.07, 6.45) is 5.68. The predicted molar refractivity (Wildman–Crippen MR) is 119 cm³/mol. The second-order valence-electron chi connectivity index (χ2n) is 7.70. The molecule has 1 aliphatic carbocycles. The van der Waals surface area contributed by atoms with Gasteiger partial charge < -0.3 is 10.2 Å². The third-order valence-electron chi connectivity index (χ3n) is 5.71. The van der Waals surface area contributed by atoms with Crippen LogP contribution in [0.4, 0.5) is 5.69 Å². The van der Waals surface area contributed by atoms with Gasteiger partial charge in [0.25, 0.3) is 0 Å². The second kappa shape index (κ2) is 10.2. The first-order valence-electron chi connectivity index (χ1n) is 10.7. The molecule has 3 rings (SSSR count). The normalized spacial score (nSPS) is 18.2. The minimum absolute atomic E-state index is 0.0857. The molecule has 2 amide bonds. The Balaban J connectivity index is 1.88. The second-order valence-corrected chi connectivity index (χ2v) is 10.8. The fourth-order valence-electron chi connectivity index (χ4n) is 4.06. The van der Waals surface area contributed by atoms with Crippen LogP contribution in [0.3, 0.4) is 0 Å². The van der Waals surface area contributed by atoms with Gasteiger partial charge in [-0.3, -0.25) is 9.59 Å². The molecule has 2 aliphatic rings. The molecule has 1 aromatic rings. The van der Waals surface area contributed by atoms with Crippen LogP contribution in [0.2, 0.25) is 0 Å². The van der Waals surface area contributed by atoms with Crippen LogP contribution in [0.25, 0.3) is 0 Å². The summed E-state index contributed by atoms with van der Waals surface area (Å²) >= 11 is 1.52. The van der Waals surface area contributed by atoms with Crippen molar-refractivity contribution in [2.24, 2.45) is 0 Å². The summed E-state index contributed by atoms with van der Waals surface area (Å²) in [5.41, 5.74) is 0.509. The largest absolute Gasteiger partial charge is 0.352 e. The van der Waals surface area contributed by atoms with Crippen molar-refractivity contribution < 1.29 is 18.0 Å². The highest BCUT2D eigenvalue weighted by Crippen LogP contribution is 2.36. The standard InChI is InChI=1S/C21H31N3O4S2/c1-3-23(4-2)30(27,28)17-10-11-19-18(14-17)24(21(26)12-13-29-19)15-20(25)22-16-8-6-5-7-9-16/h10-11,14,16H,3-9,12-13,15H2,1-2H3,(H,22,25). The maximum absolute atomic E-state index is 13.0. The minimum Gasteiger partial charge on any atom is -0.352 e. The molecule has 0 aromatic heterocycles. The summed E-state index contributed by atoms with van der Waals surface area (Å²) in [5, 5.41) is 3.05. The molecule has 1 aromatic carbocycles. The zero-order valence-corrected chi connectivity index (χ0v) is 19.4. The van der Waals surface area contributed by atoms with E-state index in [4.69, 9.17) is 0 Å². The number of sulfonamides is 1. The van der Waals surface area contributed by atoms with E-state index in [1.807, 2.05) is 0 Å². The van der Waals surface area contributed by atoms with Crippen LogP contribution in [-0.4, -0.2) is 56.0 Å². The summed E-state index contributed by atoms with van der Waals surface area (Å²) in [7, 11) is -3.65. The summed E-state index contributed by atoms with van der Waals surface area (Å²) in [4.78, 5) is 27.9. The third kappa shape index (κ3) is 5.18. The average Bonchev–Trinajstić information content (AvgIpc) is 2.88. The number of hydrogen-bond acceptors (Lipinski definition) is 5. The summed E-state index contributed by atoms with van der Waals surface area (Å²) in [6, 6.07) is 5.06.